The second kappa shape index (κ2) is 5.53. The van der Waals surface area contributed by atoms with E-state index in [0.29, 0.717) is 18.2 Å². The van der Waals surface area contributed by atoms with Crippen LogP contribution >= 0.6 is 27.5 Å². The van der Waals surface area contributed by atoms with Crippen LogP contribution in [0.15, 0.2) is 46.6 Å². The van der Waals surface area contributed by atoms with Crippen LogP contribution in [0.5, 0.6) is 0 Å². The van der Waals surface area contributed by atoms with E-state index < -0.39 is 5.79 Å². The Morgan fingerprint density at radius 1 is 1.20 bits per heavy atom. The van der Waals surface area contributed by atoms with Gasteiger partial charge in [0.2, 0.25) is 5.79 Å². The zero-order chi connectivity index (χ0) is 14.2. The van der Waals surface area contributed by atoms with E-state index in [1.54, 1.807) is 0 Å². The summed E-state index contributed by atoms with van der Waals surface area (Å²) in [7, 11) is 2.03. The molecule has 2 aliphatic heterocycles. The molecule has 0 radical (unpaired) electrons. The van der Waals surface area contributed by atoms with Gasteiger partial charge in [-0.2, -0.15) is 0 Å². The minimum atomic E-state index is -0.835. The Hall–Kier alpha value is -0.810. The van der Waals surface area contributed by atoms with Crippen LogP contribution in [-0.4, -0.2) is 31.7 Å². The standard InChI is InChI=1S/C15H15BrClNO2/c1-18-9-12(8-13(16)10-18)15(19-6-7-20-15)11-2-4-14(17)5-3-11/h2-5,8-9H,6-7,10H2,1H3. The molecule has 0 atom stereocenters. The molecule has 20 heavy (non-hydrogen) atoms. The van der Waals surface area contributed by atoms with E-state index in [9.17, 15) is 0 Å². The number of hydrogen-bond donors (Lipinski definition) is 0. The van der Waals surface area contributed by atoms with Gasteiger partial charge in [-0.05, 0) is 18.2 Å². The third-order valence-electron chi connectivity index (χ3n) is 3.37. The van der Waals surface area contributed by atoms with Crippen LogP contribution in [0.1, 0.15) is 5.56 Å². The predicted molar refractivity (Wildman–Crippen MR) is 82.8 cm³/mol. The summed E-state index contributed by atoms with van der Waals surface area (Å²) < 4.78 is 13.1. The molecule has 0 aliphatic carbocycles. The maximum absolute atomic E-state index is 5.98. The third kappa shape index (κ3) is 2.53. The lowest BCUT2D eigenvalue weighted by Gasteiger charge is -2.33. The number of likely N-dealkylation sites (N-methyl/N-ethyl adjacent to an activating group) is 1. The SMILES string of the molecule is CN1C=C(C2(c3ccc(Cl)cc3)OCCO2)C=C(Br)C1. The molecule has 3 nitrogen and oxygen atoms in total. The Morgan fingerprint density at radius 3 is 2.45 bits per heavy atom. The van der Waals surface area contributed by atoms with Gasteiger partial charge in [0.1, 0.15) is 0 Å². The van der Waals surface area contributed by atoms with Crippen molar-refractivity contribution in [2.45, 2.75) is 5.79 Å². The van der Waals surface area contributed by atoms with Gasteiger partial charge in [-0.15, -0.1) is 0 Å². The van der Waals surface area contributed by atoms with Crippen LogP contribution in [0.3, 0.4) is 0 Å². The van der Waals surface area contributed by atoms with Gasteiger partial charge < -0.3 is 14.4 Å². The van der Waals surface area contributed by atoms with E-state index >= 15 is 0 Å². The molecule has 106 valence electrons. The molecule has 0 bridgehead atoms. The Balaban J connectivity index is 2.06. The van der Waals surface area contributed by atoms with Crippen molar-refractivity contribution < 1.29 is 9.47 Å². The van der Waals surface area contributed by atoms with Crippen molar-refractivity contribution in [3.05, 3.63) is 57.2 Å². The van der Waals surface area contributed by atoms with Crippen LogP contribution in [0.2, 0.25) is 5.02 Å². The van der Waals surface area contributed by atoms with Gasteiger partial charge >= 0.3 is 0 Å². The fourth-order valence-electron chi connectivity index (χ4n) is 2.53. The van der Waals surface area contributed by atoms with Crippen molar-refractivity contribution in [1.29, 1.82) is 0 Å². The number of nitrogens with zero attached hydrogens (tertiary/aromatic N) is 1. The first-order valence-corrected chi connectivity index (χ1v) is 7.60. The maximum Gasteiger partial charge on any atom is 0.223 e. The molecule has 0 N–H and O–H groups in total. The van der Waals surface area contributed by atoms with Gasteiger partial charge in [0.05, 0.1) is 13.2 Å². The molecule has 3 rings (SSSR count). The maximum atomic E-state index is 5.98. The fraction of sp³-hybridized carbons (Fsp3) is 0.333. The average molecular weight is 357 g/mol. The zero-order valence-corrected chi connectivity index (χ0v) is 13.4. The molecule has 1 fully saturated rings. The quantitative estimate of drug-likeness (QED) is 0.807. The first-order valence-electron chi connectivity index (χ1n) is 6.43. The molecule has 1 aromatic carbocycles. The normalized spacial score (nSPS) is 21.6. The highest BCUT2D eigenvalue weighted by atomic mass is 79.9. The molecule has 0 amide bonds. The van der Waals surface area contributed by atoms with Crippen molar-refractivity contribution in [2.75, 3.05) is 26.8 Å². The summed E-state index contributed by atoms with van der Waals surface area (Å²) in [6, 6.07) is 7.61. The van der Waals surface area contributed by atoms with Crippen molar-refractivity contribution >= 4 is 27.5 Å². The van der Waals surface area contributed by atoms with Gasteiger partial charge in [-0.3, -0.25) is 0 Å². The highest BCUT2D eigenvalue weighted by Gasteiger charge is 2.42. The van der Waals surface area contributed by atoms with E-state index in [-0.39, 0.29) is 0 Å². The molecule has 1 aromatic rings. The summed E-state index contributed by atoms with van der Waals surface area (Å²) in [5, 5.41) is 0.702. The number of benzene rings is 1. The smallest absolute Gasteiger partial charge is 0.223 e. The minimum absolute atomic E-state index is 0.579. The predicted octanol–water partition coefficient (Wildman–Crippen LogP) is 3.65. The van der Waals surface area contributed by atoms with Gasteiger partial charge in [-0.1, -0.05) is 39.7 Å². The number of rotatable bonds is 2. The molecule has 0 saturated carbocycles. The molecular formula is C15H15BrClNO2. The fourth-order valence-corrected chi connectivity index (χ4v) is 3.30. The van der Waals surface area contributed by atoms with E-state index in [2.05, 4.69) is 33.1 Å². The minimum Gasteiger partial charge on any atom is -0.375 e. The van der Waals surface area contributed by atoms with Crippen molar-refractivity contribution in [3.63, 3.8) is 0 Å². The van der Waals surface area contributed by atoms with Gasteiger partial charge in [0.15, 0.2) is 0 Å². The first kappa shape index (κ1) is 14.1. The van der Waals surface area contributed by atoms with E-state index in [1.807, 2.05) is 31.3 Å². The van der Waals surface area contributed by atoms with Gasteiger partial charge in [-0.25, -0.2) is 0 Å². The van der Waals surface area contributed by atoms with Crippen LogP contribution in [0.4, 0.5) is 0 Å². The lowest BCUT2D eigenvalue weighted by molar-refractivity contribution is -0.131. The number of ether oxygens (including phenoxy) is 2. The molecule has 5 heteroatoms. The van der Waals surface area contributed by atoms with E-state index in [0.717, 1.165) is 22.2 Å². The summed E-state index contributed by atoms with van der Waals surface area (Å²) in [5.74, 6) is -0.835. The van der Waals surface area contributed by atoms with Crippen molar-refractivity contribution in [1.82, 2.24) is 4.90 Å². The molecular weight excluding hydrogens is 342 g/mol. The Bertz CT molecular complexity index is 562. The average Bonchev–Trinajstić information content (AvgIpc) is 2.89. The second-order valence-corrected chi connectivity index (χ2v) is 6.37. The van der Waals surface area contributed by atoms with Crippen LogP contribution < -0.4 is 0 Å². The molecule has 0 spiro atoms. The summed E-state index contributed by atoms with van der Waals surface area (Å²) in [6.45, 7) is 2.00. The lowest BCUT2D eigenvalue weighted by atomic mass is 9.96. The Kier molecular flexibility index (Phi) is 3.91. The lowest BCUT2D eigenvalue weighted by Crippen LogP contribution is -2.32. The first-order chi connectivity index (χ1) is 9.60. The highest BCUT2D eigenvalue weighted by Crippen LogP contribution is 2.41. The van der Waals surface area contributed by atoms with Crippen LogP contribution in [0.25, 0.3) is 0 Å². The molecule has 2 heterocycles. The number of halogens is 2. The topological polar surface area (TPSA) is 21.7 Å². The van der Waals surface area contributed by atoms with Crippen molar-refractivity contribution in [3.8, 4) is 0 Å². The summed E-state index contributed by atoms with van der Waals surface area (Å²) in [5.41, 5.74) is 1.94. The molecule has 0 unspecified atom stereocenters. The third-order valence-corrected chi connectivity index (χ3v) is 4.10. The largest absolute Gasteiger partial charge is 0.375 e. The summed E-state index contributed by atoms with van der Waals surface area (Å²) in [4.78, 5) is 2.10. The van der Waals surface area contributed by atoms with Crippen LogP contribution in [-0.2, 0) is 15.3 Å². The summed E-state index contributed by atoms with van der Waals surface area (Å²) in [6.07, 6.45) is 4.13. The van der Waals surface area contributed by atoms with Gasteiger partial charge in [0, 0.05) is 40.4 Å². The Morgan fingerprint density at radius 2 is 1.85 bits per heavy atom. The second-order valence-electron chi connectivity index (χ2n) is 4.91. The highest BCUT2D eigenvalue weighted by molar-refractivity contribution is 9.11. The Labute approximate surface area is 131 Å². The molecule has 0 aromatic heterocycles. The monoisotopic (exact) mass is 355 g/mol. The van der Waals surface area contributed by atoms with Crippen molar-refractivity contribution in [2.24, 2.45) is 0 Å². The molecule has 1 saturated heterocycles. The molecule has 2 aliphatic rings. The van der Waals surface area contributed by atoms with E-state index in [4.69, 9.17) is 21.1 Å². The summed E-state index contributed by atoms with van der Waals surface area (Å²) >= 11 is 9.54. The van der Waals surface area contributed by atoms with E-state index in [1.165, 1.54) is 0 Å². The number of hydrogen-bond acceptors (Lipinski definition) is 3. The zero-order valence-electron chi connectivity index (χ0n) is 11.1. The van der Waals surface area contributed by atoms with Gasteiger partial charge in [0.25, 0.3) is 0 Å². The van der Waals surface area contributed by atoms with Crippen LogP contribution in [0, 0.1) is 0 Å².